The van der Waals surface area contributed by atoms with Crippen LogP contribution in [0.25, 0.3) is 10.9 Å². The van der Waals surface area contributed by atoms with Crippen LogP contribution >= 0.6 is 15.9 Å². The zero-order valence-corrected chi connectivity index (χ0v) is 11.3. The summed E-state index contributed by atoms with van der Waals surface area (Å²) in [6.45, 7) is 0. The molecule has 90 valence electrons. The van der Waals surface area contributed by atoms with Crippen LogP contribution in [0.15, 0.2) is 28.9 Å². The highest BCUT2D eigenvalue weighted by atomic mass is 79.9. The third kappa shape index (κ3) is 2.02. The molecule has 0 aliphatic heterocycles. The fourth-order valence-electron chi connectivity index (χ4n) is 2.97. The lowest BCUT2D eigenvalue weighted by atomic mass is 9.92. The smallest absolute Gasteiger partial charge is 0.0468 e. The molecule has 0 saturated heterocycles. The van der Waals surface area contributed by atoms with Gasteiger partial charge in [-0.05, 0) is 36.5 Å². The quantitative estimate of drug-likeness (QED) is 0.859. The second kappa shape index (κ2) is 4.46. The van der Waals surface area contributed by atoms with Crippen molar-refractivity contribution in [2.45, 2.75) is 31.7 Å². The molecule has 1 atom stereocenters. The molecule has 2 aromatic rings. The van der Waals surface area contributed by atoms with Crippen molar-refractivity contribution in [3.63, 3.8) is 0 Å². The highest BCUT2D eigenvalue weighted by Crippen LogP contribution is 2.37. The molecule has 17 heavy (non-hydrogen) atoms. The first-order valence-corrected chi connectivity index (χ1v) is 7.07. The van der Waals surface area contributed by atoms with Gasteiger partial charge in [0.05, 0.1) is 0 Å². The van der Waals surface area contributed by atoms with Gasteiger partial charge in [0, 0.05) is 27.6 Å². The third-order valence-electron chi connectivity index (χ3n) is 3.94. The van der Waals surface area contributed by atoms with E-state index in [-0.39, 0.29) is 6.04 Å². The van der Waals surface area contributed by atoms with Gasteiger partial charge in [-0.3, -0.25) is 0 Å². The Morgan fingerprint density at radius 2 is 2.06 bits per heavy atom. The minimum atomic E-state index is 0.187. The van der Waals surface area contributed by atoms with E-state index in [1.807, 2.05) is 0 Å². The van der Waals surface area contributed by atoms with Gasteiger partial charge in [0.1, 0.15) is 0 Å². The standard InChI is InChI=1S/C14H17BrN2/c15-10-5-6-11-12(8-17-13(11)7-10)14(16)9-3-1-2-4-9/h5-9,14,17H,1-4,16H2. The van der Waals surface area contributed by atoms with Crippen molar-refractivity contribution in [3.05, 3.63) is 34.4 Å². The molecule has 1 aromatic carbocycles. The lowest BCUT2D eigenvalue weighted by Gasteiger charge is -2.18. The molecular formula is C14H17BrN2. The van der Waals surface area contributed by atoms with E-state index in [4.69, 9.17) is 5.73 Å². The maximum absolute atomic E-state index is 6.42. The van der Waals surface area contributed by atoms with E-state index in [1.54, 1.807) is 0 Å². The number of aromatic nitrogens is 1. The van der Waals surface area contributed by atoms with Crippen LogP contribution in [-0.4, -0.2) is 4.98 Å². The van der Waals surface area contributed by atoms with Crippen LogP contribution < -0.4 is 5.73 Å². The molecule has 1 unspecified atom stereocenters. The number of hydrogen-bond acceptors (Lipinski definition) is 1. The summed E-state index contributed by atoms with van der Waals surface area (Å²) >= 11 is 3.49. The number of hydrogen-bond donors (Lipinski definition) is 2. The first-order chi connectivity index (χ1) is 8.25. The minimum Gasteiger partial charge on any atom is -0.361 e. The van der Waals surface area contributed by atoms with Gasteiger partial charge in [-0.1, -0.05) is 34.8 Å². The maximum atomic E-state index is 6.42. The Morgan fingerprint density at radius 1 is 1.29 bits per heavy atom. The molecular weight excluding hydrogens is 276 g/mol. The Morgan fingerprint density at radius 3 is 2.82 bits per heavy atom. The van der Waals surface area contributed by atoms with Gasteiger partial charge in [0.15, 0.2) is 0 Å². The molecule has 3 rings (SSSR count). The normalized spacial score (nSPS) is 18.9. The zero-order chi connectivity index (χ0) is 11.8. The van der Waals surface area contributed by atoms with Gasteiger partial charge in [-0.25, -0.2) is 0 Å². The number of H-pyrrole nitrogens is 1. The molecule has 0 bridgehead atoms. The largest absolute Gasteiger partial charge is 0.361 e. The van der Waals surface area contributed by atoms with Crippen LogP contribution in [0.3, 0.4) is 0 Å². The van der Waals surface area contributed by atoms with Crippen LogP contribution in [0.4, 0.5) is 0 Å². The average molecular weight is 293 g/mol. The number of nitrogens with two attached hydrogens (primary N) is 1. The number of benzene rings is 1. The Labute approximate surface area is 110 Å². The van der Waals surface area contributed by atoms with Gasteiger partial charge in [0.2, 0.25) is 0 Å². The minimum absolute atomic E-state index is 0.187. The lowest BCUT2D eigenvalue weighted by Crippen LogP contribution is -2.18. The van der Waals surface area contributed by atoms with Crippen molar-refractivity contribution in [2.75, 3.05) is 0 Å². The van der Waals surface area contributed by atoms with Crippen LogP contribution in [0.2, 0.25) is 0 Å². The molecule has 2 nitrogen and oxygen atoms in total. The molecule has 1 aromatic heterocycles. The van der Waals surface area contributed by atoms with E-state index < -0.39 is 0 Å². The van der Waals surface area contributed by atoms with E-state index in [2.05, 4.69) is 45.3 Å². The molecule has 0 amide bonds. The molecule has 0 spiro atoms. The third-order valence-corrected chi connectivity index (χ3v) is 4.44. The number of halogens is 1. The van der Waals surface area contributed by atoms with Crippen molar-refractivity contribution in [1.82, 2.24) is 4.98 Å². The number of nitrogens with one attached hydrogen (secondary N) is 1. The topological polar surface area (TPSA) is 41.8 Å². The molecule has 1 saturated carbocycles. The van der Waals surface area contributed by atoms with Crippen LogP contribution in [0.1, 0.15) is 37.3 Å². The molecule has 1 heterocycles. The maximum Gasteiger partial charge on any atom is 0.0468 e. The van der Waals surface area contributed by atoms with Crippen molar-refractivity contribution in [3.8, 4) is 0 Å². The molecule has 1 aliphatic rings. The van der Waals surface area contributed by atoms with Crippen LogP contribution in [-0.2, 0) is 0 Å². The summed E-state index contributed by atoms with van der Waals surface area (Å²) in [6.07, 6.45) is 7.33. The van der Waals surface area contributed by atoms with Crippen molar-refractivity contribution in [2.24, 2.45) is 11.7 Å². The van der Waals surface area contributed by atoms with Gasteiger partial charge in [-0.15, -0.1) is 0 Å². The Bertz CT molecular complexity index is 526. The van der Waals surface area contributed by atoms with E-state index in [9.17, 15) is 0 Å². The summed E-state index contributed by atoms with van der Waals surface area (Å²) in [6, 6.07) is 6.54. The first-order valence-electron chi connectivity index (χ1n) is 6.28. The Hall–Kier alpha value is -0.800. The SMILES string of the molecule is NC(c1c[nH]c2cc(Br)ccc12)C1CCCC1. The average Bonchev–Trinajstić information content (AvgIpc) is 2.96. The summed E-state index contributed by atoms with van der Waals surface area (Å²) in [5.41, 5.74) is 8.86. The molecule has 1 aliphatic carbocycles. The van der Waals surface area contributed by atoms with E-state index in [1.165, 1.54) is 42.1 Å². The number of aromatic amines is 1. The fourth-order valence-corrected chi connectivity index (χ4v) is 3.33. The second-order valence-corrected chi connectivity index (χ2v) is 5.92. The second-order valence-electron chi connectivity index (χ2n) is 5.00. The summed E-state index contributed by atoms with van der Waals surface area (Å²) in [4.78, 5) is 3.32. The monoisotopic (exact) mass is 292 g/mol. The Balaban J connectivity index is 1.99. The lowest BCUT2D eigenvalue weighted by molar-refractivity contribution is 0.447. The van der Waals surface area contributed by atoms with Gasteiger partial charge < -0.3 is 10.7 Å². The highest BCUT2D eigenvalue weighted by Gasteiger charge is 2.24. The van der Waals surface area contributed by atoms with Gasteiger partial charge in [0.25, 0.3) is 0 Å². The summed E-state index contributed by atoms with van der Waals surface area (Å²) in [7, 11) is 0. The summed E-state index contributed by atoms with van der Waals surface area (Å²) in [5, 5.41) is 1.27. The predicted octanol–water partition coefficient (Wildman–Crippen LogP) is 4.12. The number of rotatable bonds is 2. The zero-order valence-electron chi connectivity index (χ0n) is 9.75. The summed E-state index contributed by atoms with van der Waals surface area (Å²) in [5.74, 6) is 0.664. The summed E-state index contributed by atoms with van der Waals surface area (Å²) < 4.78 is 1.10. The van der Waals surface area contributed by atoms with Crippen LogP contribution in [0, 0.1) is 5.92 Å². The van der Waals surface area contributed by atoms with E-state index in [0.29, 0.717) is 5.92 Å². The van der Waals surface area contributed by atoms with Crippen LogP contribution in [0.5, 0.6) is 0 Å². The van der Waals surface area contributed by atoms with Gasteiger partial charge >= 0.3 is 0 Å². The predicted molar refractivity (Wildman–Crippen MR) is 74.9 cm³/mol. The molecule has 1 fully saturated rings. The molecule has 3 heteroatoms. The van der Waals surface area contributed by atoms with Crippen molar-refractivity contribution in [1.29, 1.82) is 0 Å². The van der Waals surface area contributed by atoms with E-state index >= 15 is 0 Å². The Kier molecular flexibility index (Phi) is 2.97. The van der Waals surface area contributed by atoms with Gasteiger partial charge in [-0.2, -0.15) is 0 Å². The van der Waals surface area contributed by atoms with E-state index in [0.717, 1.165) is 4.47 Å². The fraction of sp³-hybridized carbons (Fsp3) is 0.429. The molecule has 3 N–H and O–H groups in total. The van der Waals surface area contributed by atoms with Crippen molar-refractivity contribution >= 4 is 26.8 Å². The first kappa shape index (κ1) is 11.3. The highest BCUT2D eigenvalue weighted by molar-refractivity contribution is 9.10. The molecule has 0 radical (unpaired) electrons. The number of fused-ring (bicyclic) bond motifs is 1. The van der Waals surface area contributed by atoms with Crippen molar-refractivity contribution < 1.29 is 0 Å².